The van der Waals surface area contributed by atoms with E-state index in [1.807, 2.05) is 32.0 Å². The number of primary amides is 1. The monoisotopic (exact) mass is 284 g/mol. The van der Waals surface area contributed by atoms with Crippen LogP contribution in [0, 0.1) is 13.8 Å². The number of nitrogens with zero attached hydrogens (tertiary/aromatic N) is 1. The molecule has 4 nitrogen and oxygen atoms in total. The Hall–Kier alpha value is -2.33. The maximum absolute atomic E-state index is 11.2. The average molecular weight is 284 g/mol. The van der Waals surface area contributed by atoms with E-state index in [-0.39, 0.29) is 11.8 Å². The minimum absolute atomic E-state index is 0.341. The molecule has 0 saturated heterocycles. The van der Waals surface area contributed by atoms with Gasteiger partial charge in [-0.05, 0) is 55.7 Å². The number of hydrogen-bond acceptors (Lipinski definition) is 3. The number of carbonyl (C=O) groups is 1. The van der Waals surface area contributed by atoms with Crippen molar-refractivity contribution in [2.24, 2.45) is 5.73 Å². The normalized spacial score (nSPS) is 12.0. The fraction of sp³-hybridized carbons (Fsp3) is 0.235. The second-order valence-corrected chi connectivity index (χ2v) is 5.32. The van der Waals surface area contributed by atoms with Gasteiger partial charge in [-0.3, -0.25) is 10.0 Å². The molecule has 0 fully saturated rings. The zero-order valence-corrected chi connectivity index (χ0v) is 12.5. The maximum atomic E-state index is 11.2. The number of hydrogen-bond donors (Lipinski definition) is 2. The van der Waals surface area contributed by atoms with Gasteiger partial charge in [-0.1, -0.05) is 24.3 Å². The quantitative estimate of drug-likeness (QED) is 0.845. The Balaban J connectivity index is 2.30. The maximum Gasteiger partial charge on any atom is 0.224 e. The summed E-state index contributed by atoms with van der Waals surface area (Å²) in [5.74, 6) is -0.704. The van der Waals surface area contributed by atoms with Gasteiger partial charge in [-0.15, -0.1) is 0 Å². The van der Waals surface area contributed by atoms with Gasteiger partial charge in [0.15, 0.2) is 0 Å². The number of benzene rings is 2. The molecule has 0 saturated carbocycles. The van der Waals surface area contributed by atoms with Crippen molar-refractivity contribution in [3.63, 3.8) is 0 Å². The Morgan fingerprint density at radius 1 is 1.14 bits per heavy atom. The van der Waals surface area contributed by atoms with E-state index in [0.717, 1.165) is 27.4 Å². The SMILES string of the molecule is Cc1ccc(C)c(N(O)c2ccc(C(C)C(N)=O)cc2)c1. The molecule has 4 heteroatoms. The average Bonchev–Trinajstić information content (AvgIpc) is 2.48. The molecule has 2 rings (SSSR count). The molecule has 1 unspecified atom stereocenters. The Kier molecular flexibility index (Phi) is 4.29. The van der Waals surface area contributed by atoms with Crippen molar-refractivity contribution in [3.8, 4) is 0 Å². The lowest BCUT2D eigenvalue weighted by molar-refractivity contribution is -0.119. The topological polar surface area (TPSA) is 66.6 Å². The van der Waals surface area contributed by atoms with Gasteiger partial charge < -0.3 is 5.73 Å². The van der Waals surface area contributed by atoms with Crippen LogP contribution >= 0.6 is 0 Å². The molecule has 0 aromatic heterocycles. The fourth-order valence-corrected chi connectivity index (χ4v) is 2.16. The molecule has 0 aliphatic heterocycles. The number of anilines is 2. The van der Waals surface area contributed by atoms with E-state index in [4.69, 9.17) is 5.73 Å². The third kappa shape index (κ3) is 3.23. The van der Waals surface area contributed by atoms with Crippen LogP contribution in [0.1, 0.15) is 29.5 Å². The lowest BCUT2D eigenvalue weighted by Crippen LogP contribution is -2.19. The van der Waals surface area contributed by atoms with Gasteiger partial charge in [-0.2, -0.15) is 0 Å². The highest BCUT2D eigenvalue weighted by molar-refractivity contribution is 5.81. The van der Waals surface area contributed by atoms with E-state index in [9.17, 15) is 10.0 Å². The number of rotatable bonds is 4. The van der Waals surface area contributed by atoms with Crippen LogP contribution < -0.4 is 10.8 Å². The van der Waals surface area contributed by atoms with Crippen molar-refractivity contribution in [1.29, 1.82) is 0 Å². The van der Waals surface area contributed by atoms with Gasteiger partial charge in [0.1, 0.15) is 0 Å². The highest BCUT2D eigenvalue weighted by Gasteiger charge is 2.13. The van der Waals surface area contributed by atoms with Crippen LogP contribution in [0.3, 0.4) is 0 Å². The summed E-state index contributed by atoms with van der Waals surface area (Å²) in [4.78, 5) is 11.2. The first kappa shape index (κ1) is 15.1. The second-order valence-electron chi connectivity index (χ2n) is 5.32. The van der Waals surface area contributed by atoms with E-state index in [2.05, 4.69) is 0 Å². The lowest BCUT2D eigenvalue weighted by atomic mass is 10.0. The van der Waals surface area contributed by atoms with Crippen LogP contribution in [-0.2, 0) is 4.79 Å². The molecule has 3 N–H and O–H groups in total. The smallest absolute Gasteiger partial charge is 0.224 e. The number of aryl methyl sites for hydroxylation is 2. The number of carbonyl (C=O) groups excluding carboxylic acids is 1. The Morgan fingerprint density at radius 2 is 1.76 bits per heavy atom. The molecule has 0 radical (unpaired) electrons. The van der Waals surface area contributed by atoms with Crippen LogP contribution in [-0.4, -0.2) is 11.1 Å². The molecule has 1 atom stereocenters. The molecule has 0 aliphatic carbocycles. The molecular formula is C17H20N2O2. The van der Waals surface area contributed by atoms with Crippen LogP contribution in [0.25, 0.3) is 0 Å². The Labute approximate surface area is 124 Å². The predicted molar refractivity (Wildman–Crippen MR) is 83.9 cm³/mol. The summed E-state index contributed by atoms with van der Waals surface area (Å²) in [6.45, 7) is 5.69. The highest BCUT2D eigenvalue weighted by atomic mass is 16.5. The molecule has 0 spiro atoms. The summed E-state index contributed by atoms with van der Waals surface area (Å²) in [7, 11) is 0. The molecule has 0 heterocycles. The highest BCUT2D eigenvalue weighted by Crippen LogP contribution is 2.28. The van der Waals surface area contributed by atoms with Crippen molar-refractivity contribution in [3.05, 3.63) is 59.2 Å². The summed E-state index contributed by atoms with van der Waals surface area (Å²) in [5.41, 5.74) is 9.57. The summed E-state index contributed by atoms with van der Waals surface area (Å²) >= 11 is 0. The molecule has 0 aliphatic rings. The van der Waals surface area contributed by atoms with E-state index in [1.54, 1.807) is 31.2 Å². The van der Waals surface area contributed by atoms with E-state index >= 15 is 0 Å². The van der Waals surface area contributed by atoms with E-state index < -0.39 is 0 Å². The standard InChI is InChI=1S/C17H20N2O2/c1-11-4-5-12(2)16(10-11)19(21)15-8-6-14(7-9-15)13(3)17(18)20/h4-10,13,21H,1-3H3,(H2,18,20). The Bertz CT molecular complexity index is 650. The molecule has 21 heavy (non-hydrogen) atoms. The summed E-state index contributed by atoms with van der Waals surface area (Å²) in [6, 6.07) is 13.1. The molecule has 2 aromatic carbocycles. The van der Waals surface area contributed by atoms with Gasteiger partial charge in [0.05, 0.1) is 17.3 Å². The first-order valence-corrected chi connectivity index (χ1v) is 6.85. The van der Waals surface area contributed by atoms with Crippen LogP contribution in [0.4, 0.5) is 11.4 Å². The van der Waals surface area contributed by atoms with Crippen molar-refractivity contribution >= 4 is 17.3 Å². The van der Waals surface area contributed by atoms with Gasteiger partial charge >= 0.3 is 0 Å². The summed E-state index contributed by atoms with van der Waals surface area (Å²) < 4.78 is 0. The minimum atomic E-state index is -0.363. The number of amides is 1. The molecule has 2 aromatic rings. The van der Waals surface area contributed by atoms with Gasteiger partial charge in [0.2, 0.25) is 5.91 Å². The third-order valence-electron chi connectivity index (χ3n) is 3.66. The first-order chi connectivity index (χ1) is 9.90. The van der Waals surface area contributed by atoms with Gasteiger partial charge in [0, 0.05) is 0 Å². The zero-order chi connectivity index (χ0) is 15.6. The van der Waals surface area contributed by atoms with E-state index in [1.165, 1.54) is 0 Å². The van der Waals surface area contributed by atoms with Crippen molar-refractivity contribution in [1.82, 2.24) is 0 Å². The largest absolute Gasteiger partial charge is 0.369 e. The second kappa shape index (κ2) is 5.97. The van der Waals surface area contributed by atoms with Gasteiger partial charge in [0.25, 0.3) is 0 Å². The van der Waals surface area contributed by atoms with Crippen LogP contribution in [0.2, 0.25) is 0 Å². The zero-order valence-electron chi connectivity index (χ0n) is 12.5. The molecule has 1 amide bonds. The van der Waals surface area contributed by atoms with Crippen LogP contribution in [0.15, 0.2) is 42.5 Å². The van der Waals surface area contributed by atoms with Crippen LogP contribution in [0.5, 0.6) is 0 Å². The minimum Gasteiger partial charge on any atom is -0.369 e. The van der Waals surface area contributed by atoms with E-state index in [0.29, 0.717) is 5.69 Å². The Morgan fingerprint density at radius 3 is 2.33 bits per heavy atom. The molecule has 110 valence electrons. The first-order valence-electron chi connectivity index (χ1n) is 6.85. The van der Waals surface area contributed by atoms with Gasteiger partial charge in [-0.25, -0.2) is 5.06 Å². The molecular weight excluding hydrogens is 264 g/mol. The van der Waals surface area contributed by atoms with Crippen molar-refractivity contribution in [2.45, 2.75) is 26.7 Å². The lowest BCUT2D eigenvalue weighted by Gasteiger charge is -2.20. The summed E-state index contributed by atoms with van der Waals surface area (Å²) in [5, 5.41) is 11.5. The summed E-state index contributed by atoms with van der Waals surface area (Å²) in [6.07, 6.45) is 0. The number of nitrogens with two attached hydrogens (primary N) is 1. The van der Waals surface area contributed by atoms with Crippen molar-refractivity contribution in [2.75, 3.05) is 5.06 Å². The fourth-order valence-electron chi connectivity index (χ4n) is 2.16. The third-order valence-corrected chi connectivity index (χ3v) is 3.66. The van der Waals surface area contributed by atoms with Crippen molar-refractivity contribution < 1.29 is 10.0 Å². The molecule has 0 bridgehead atoms. The predicted octanol–water partition coefficient (Wildman–Crippen LogP) is 3.42.